The fourth-order valence-electron chi connectivity index (χ4n) is 0.800. The summed E-state index contributed by atoms with van der Waals surface area (Å²) in [5.74, 6) is -0.243. The van der Waals surface area contributed by atoms with Crippen LogP contribution in [0.25, 0.3) is 0 Å². The van der Waals surface area contributed by atoms with Gasteiger partial charge in [0.05, 0.1) is 13.0 Å². The molecule has 0 aliphatic heterocycles. The molecule has 0 atom stereocenters. The molecule has 0 fully saturated rings. The lowest BCUT2D eigenvalue weighted by Gasteiger charge is -1.99. The van der Waals surface area contributed by atoms with Crippen molar-refractivity contribution >= 4 is 18.4 Å². The van der Waals surface area contributed by atoms with E-state index in [-0.39, 0.29) is 24.8 Å². The molecule has 0 bridgehead atoms. The zero-order valence-corrected chi connectivity index (χ0v) is 8.08. The first-order valence-corrected chi connectivity index (χ1v) is 3.72. The average molecular weight is 203 g/mol. The summed E-state index contributed by atoms with van der Waals surface area (Å²) in [6.07, 6.45) is 4.87. The lowest BCUT2D eigenvalue weighted by Crippen LogP contribution is -2.07. The van der Waals surface area contributed by atoms with Crippen molar-refractivity contribution in [2.75, 3.05) is 6.61 Å². The van der Waals surface area contributed by atoms with Crippen LogP contribution < -0.4 is 0 Å². The number of hydrogen-bond acceptors (Lipinski definition) is 4. The van der Waals surface area contributed by atoms with Crippen LogP contribution in [-0.2, 0) is 16.0 Å². The second-order valence-corrected chi connectivity index (χ2v) is 2.23. The van der Waals surface area contributed by atoms with Gasteiger partial charge in [0, 0.05) is 12.4 Å². The first-order valence-electron chi connectivity index (χ1n) is 3.72. The Morgan fingerprint density at radius 2 is 2.08 bits per heavy atom. The van der Waals surface area contributed by atoms with Crippen LogP contribution in [0.5, 0.6) is 0 Å². The van der Waals surface area contributed by atoms with E-state index in [2.05, 4.69) is 9.97 Å². The van der Waals surface area contributed by atoms with Crippen molar-refractivity contribution in [3.8, 4) is 0 Å². The molecule has 1 aromatic rings. The molecule has 4 nitrogen and oxygen atoms in total. The van der Waals surface area contributed by atoms with Gasteiger partial charge in [0.15, 0.2) is 0 Å². The van der Waals surface area contributed by atoms with Gasteiger partial charge in [-0.2, -0.15) is 0 Å². The largest absolute Gasteiger partial charge is 0.466 e. The molecule has 0 amide bonds. The molecule has 0 unspecified atom stereocenters. The molecule has 1 heterocycles. The van der Waals surface area contributed by atoms with Crippen molar-refractivity contribution in [2.45, 2.75) is 13.3 Å². The van der Waals surface area contributed by atoms with E-state index in [0.29, 0.717) is 6.61 Å². The van der Waals surface area contributed by atoms with Crippen LogP contribution >= 0.6 is 12.4 Å². The summed E-state index contributed by atoms with van der Waals surface area (Å²) in [5, 5.41) is 0. The van der Waals surface area contributed by atoms with Crippen LogP contribution in [0.2, 0.25) is 0 Å². The van der Waals surface area contributed by atoms with Gasteiger partial charge in [-0.1, -0.05) is 0 Å². The normalized spacial score (nSPS) is 8.69. The first-order chi connectivity index (χ1) is 5.83. The van der Waals surface area contributed by atoms with Crippen molar-refractivity contribution < 1.29 is 9.53 Å². The molecule has 0 N–H and O–H groups in total. The summed E-state index contributed by atoms with van der Waals surface area (Å²) in [7, 11) is 0. The first kappa shape index (κ1) is 11.8. The summed E-state index contributed by atoms with van der Waals surface area (Å²) in [4.78, 5) is 18.5. The van der Waals surface area contributed by atoms with E-state index < -0.39 is 0 Å². The molecule has 1 aromatic heterocycles. The number of ether oxygens (including phenoxy) is 1. The Morgan fingerprint density at radius 3 is 2.62 bits per heavy atom. The SMILES string of the molecule is CCOC(=O)Cc1cncnc1.Cl. The summed E-state index contributed by atoms with van der Waals surface area (Å²) < 4.78 is 4.75. The average Bonchev–Trinajstić information content (AvgIpc) is 2.06. The second-order valence-electron chi connectivity index (χ2n) is 2.23. The number of aromatic nitrogens is 2. The maximum atomic E-state index is 10.9. The van der Waals surface area contributed by atoms with E-state index in [1.165, 1.54) is 6.33 Å². The van der Waals surface area contributed by atoms with E-state index in [1.54, 1.807) is 19.3 Å². The lowest BCUT2D eigenvalue weighted by atomic mass is 10.2. The molecule has 0 aliphatic rings. The van der Waals surface area contributed by atoms with E-state index in [0.717, 1.165) is 5.56 Å². The van der Waals surface area contributed by atoms with E-state index in [4.69, 9.17) is 4.74 Å². The van der Waals surface area contributed by atoms with Gasteiger partial charge < -0.3 is 4.74 Å². The van der Waals surface area contributed by atoms with Crippen LogP contribution in [0.3, 0.4) is 0 Å². The number of esters is 1. The number of nitrogens with zero attached hydrogens (tertiary/aromatic N) is 2. The Bertz CT molecular complexity index is 254. The van der Waals surface area contributed by atoms with Crippen LogP contribution in [-0.4, -0.2) is 22.5 Å². The molecule has 5 heteroatoms. The standard InChI is InChI=1S/C8H10N2O2.ClH/c1-2-12-8(11)3-7-4-9-6-10-5-7;/h4-6H,2-3H2,1H3;1H. The highest BCUT2D eigenvalue weighted by Gasteiger charge is 2.02. The molecular weight excluding hydrogens is 192 g/mol. The van der Waals surface area contributed by atoms with Gasteiger partial charge in [-0.3, -0.25) is 4.79 Å². The molecule has 1 rings (SSSR count). The summed E-state index contributed by atoms with van der Waals surface area (Å²) in [6, 6.07) is 0. The Morgan fingerprint density at radius 1 is 1.46 bits per heavy atom. The van der Waals surface area contributed by atoms with Crippen molar-refractivity contribution in [1.29, 1.82) is 0 Å². The van der Waals surface area contributed by atoms with Gasteiger partial charge >= 0.3 is 5.97 Å². The van der Waals surface area contributed by atoms with Gasteiger partial charge in [0.25, 0.3) is 0 Å². The Kier molecular flexibility index (Phi) is 5.80. The van der Waals surface area contributed by atoms with Crippen LogP contribution in [0.15, 0.2) is 18.7 Å². The zero-order valence-electron chi connectivity index (χ0n) is 7.27. The van der Waals surface area contributed by atoms with Gasteiger partial charge in [-0.25, -0.2) is 9.97 Å². The summed E-state index contributed by atoms with van der Waals surface area (Å²) >= 11 is 0. The van der Waals surface area contributed by atoms with E-state index in [1.807, 2.05) is 0 Å². The molecule has 0 saturated heterocycles. The third-order valence-electron chi connectivity index (χ3n) is 1.27. The minimum Gasteiger partial charge on any atom is -0.466 e. The van der Waals surface area contributed by atoms with Crippen molar-refractivity contribution in [3.63, 3.8) is 0 Å². The van der Waals surface area contributed by atoms with Crippen molar-refractivity contribution in [3.05, 3.63) is 24.3 Å². The third kappa shape index (κ3) is 4.42. The molecule has 0 aliphatic carbocycles. The van der Waals surface area contributed by atoms with Crippen molar-refractivity contribution in [2.24, 2.45) is 0 Å². The summed E-state index contributed by atoms with van der Waals surface area (Å²) in [6.45, 7) is 2.19. The molecule has 0 spiro atoms. The number of rotatable bonds is 3. The van der Waals surface area contributed by atoms with Gasteiger partial charge in [0.1, 0.15) is 6.33 Å². The Hall–Kier alpha value is -1.16. The number of hydrogen-bond donors (Lipinski definition) is 0. The van der Waals surface area contributed by atoms with Crippen molar-refractivity contribution in [1.82, 2.24) is 9.97 Å². The van der Waals surface area contributed by atoms with Crippen LogP contribution in [0.1, 0.15) is 12.5 Å². The topological polar surface area (TPSA) is 52.1 Å². The highest BCUT2D eigenvalue weighted by Crippen LogP contribution is 1.95. The predicted octanol–water partition coefficient (Wildman–Crippen LogP) is 1.00. The monoisotopic (exact) mass is 202 g/mol. The second kappa shape index (κ2) is 6.37. The maximum Gasteiger partial charge on any atom is 0.310 e. The number of halogens is 1. The van der Waals surface area contributed by atoms with Gasteiger partial charge in [-0.15, -0.1) is 12.4 Å². The van der Waals surface area contributed by atoms with E-state index >= 15 is 0 Å². The molecule has 72 valence electrons. The third-order valence-corrected chi connectivity index (χ3v) is 1.27. The maximum absolute atomic E-state index is 10.9. The van der Waals surface area contributed by atoms with E-state index in [9.17, 15) is 4.79 Å². The highest BCUT2D eigenvalue weighted by atomic mass is 35.5. The smallest absolute Gasteiger partial charge is 0.310 e. The number of carbonyl (C=O) groups excluding carboxylic acids is 1. The van der Waals surface area contributed by atoms with Gasteiger partial charge in [0.2, 0.25) is 0 Å². The minimum absolute atomic E-state index is 0. The summed E-state index contributed by atoms with van der Waals surface area (Å²) in [5.41, 5.74) is 0.774. The van der Waals surface area contributed by atoms with Gasteiger partial charge in [-0.05, 0) is 12.5 Å². The van der Waals surface area contributed by atoms with Crippen LogP contribution in [0, 0.1) is 0 Å². The molecular formula is C8H11ClN2O2. The molecule has 0 radical (unpaired) electrons. The molecule has 0 aromatic carbocycles. The molecule has 13 heavy (non-hydrogen) atoms. The Balaban J connectivity index is 0.00000144. The number of carbonyl (C=O) groups is 1. The lowest BCUT2D eigenvalue weighted by molar-refractivity contribution is -0.142. The Labute approximate surface area is 82.8 Å². The quantitative estimate of drug-likeness (QED) is 0.687. The fourth-order valence-corrected chi connectivity index (χ4v) is 0.800. The molecule has 0 saturated carbocycles. The zero-order chi connectivity index (χ0) is 8.81. The minimum atomic E-state index is -0.243. The highest BCUT2D eigenvalue weighted by molar-refractivity contribution is 5.85. The predicted molar refractivity (Wildman–Crippen MR) is 49.6 cm³/mol. The fraction of sp³-hybridized carbons (Fsp3) is 0.375. The van der Waals surface area contributed by atoms with Crippen LogP contribution in [0.4, 0.5) is 0 Å².